The van der Waals surface area contributed by atoms with Crippen LogP contribution in [0.3, 0.4) is 0 Å². The van der Waals surface area contributed by atoms with Gasteiger partial charge in [-0.15, -0.1) is 0 Å². The molecule has 7 aromatic rings. The molecule has 0 N–H and O–H groups in total. The SMILES string of the molecule is CC.CC.CC.CC.CC.CC.CC.CC.CC.CC.CC.CC.CC.CC.CC.CC.CC.CC.CC.CC.CC.CC(C)(C)C1=CC=CC1.CC(C)(C)C1=CCC=C1.CC(C)(C)C1=CCc2ccccc21.CC(C)(C)C1=Cc2ccccc2C1.CC(C)(C)c1ccc2ccccc2c1.CC(C)(C)c1cccc2ccccc12.CC(C)(C)c1ccccc1. The van der Waals surface area contributed by atoms with Crippen molar-refractivity contribution >= 4 is 33.2 Å². The summed E-state index contributed by atoms with van der Waals surface area (Å²) in [5.74, 6) is 0. The van der Waals surface area contributed by atoms with Gasteiger partial charge in [0.2, 0.25) is 0 Å². The van der Waals surface area contributed by atoms with E-state index < -0.39 is 0 Å². The maximum absolute atomic E-state index is 2.37. The third kappa shape index (κ3) is 80.1. The van der Waals surface area contributed by atoms with Crippen molar-refractivity contribution in [2.24, 2.45) is 21.7 Å². The van der Waals surface area contributed by atoms with E-state index in [2.05, 4.69) is 358 Å². The number of allylic oxidation sites excluding steroid dienone is 11. The molecule has 0 nitrogen and oxygen atoms in total. The first-order valence-corrected chi connectivity index (χ1v) is 51.5. The molecule has 0 radical (unpaired) electrons. The van der Waals surface area contributed by atoms with E-state index in [-0.39, 0.29) is 16.2 Å². The minimum atomic E-state index is 0.223. The van der Waals surface area contributed by atoms with Crippen LogP contribution in [0.25, 0.3) is 33.2 Å². The van der Waals surface area contributed by atoms with Crippen molar-refractivity contribution in [3.05, 3.63) is 262 Å². The van der Waals surface area contributed by atoms with Gasteiger partial charge in [-0.1, -0.05) is 660 Å². The van der Waals surface area contributed by atoms with Gasteiger partial charge in [0, 0.05) is 0 Å². The average molecular weight is 1720 g/mol. The summed E-state index contributed by atoms with van der Waals surface area (Å²) in [6.07, 6.45) is 22.5. The molecule has 0 saturated heterocycles. The highest BCUT2D eigenvalue weighted by atomic mass is 14.3. The molecule has 0 amide bonds. The van der Waals surface area contributed by atoms with Crippen molar-refractivity contribution in [2.75, 3.05) is 0 Å². The lowest BCUT2D eigenvalue weighted by Crippen LogP contribution is -2.11. The summed E-state index contributed by atoms with van der Waals surface area (Å²) in [6.45, 7) is 131. The van der Waals surface area contributed by atoms with E-state index in [9.17, 15) is 0 Å². The van der Waals surface area contributed by atoms with Gasteiger partial charge in [0.05, 0.1) is 0 Å². The van der Waals surface area contributed by atoms with Gasteiger partial charge in [-0.2, -0.15) is 0 Å². The summed E-state index contributed by atoms with van der Waals surface area (Å²) < 4.78 is 0. The summed E-state index contributed by atoms with van der Waals surface area (Å²) in [6, 6.07) is 58.3. The molecule has 124 heavy (non-hydrogen) atoms. The van der Waals surface area contributed by atoms with E-state index in [4.69, 9.17) is 0 Å². The molecule has 4 aliphatic rings. The molecular weight excluding hydrogens is 1490 g/mol. The Morgan fingerprint density at radius 1 is 0.242 bits per heavy atom. The number of fused-ring (bicyclic) bond motifs is 4. The van der Waals surface area contributed by atoms with Gasteiger partial charge in [0.15, 0.2) is 0 Å². The van der Waals surface area contributed by atoms with Crippen molar-refractivity contribution in [1.82, 2.24) is 0 Å². The lowest BCUT2D eigenvalue weighted by Gasteiger charge is -2.21. The Kier molecular flexibility index (Phi) is 139. The Labute approximate surface area is 789 Å². The molecule has 0 heteroatoms. The van der Waals surface area contributed by atoms with Crippen molar-refractivity contribution in [3.63, 3.8) is 0 Å². The van der Waals surface area contributed by atoms with Gasteiger partial charge < -0.3 is 0 Å². The van der Waals surface area contributed by atoms with E-state index >= 15 is 0 Å². The summed E-state index contributed by atoms with van der Waals surface area (Å²) in [5, 5.41) is 5.36. The van der Waals surface area contributed by atoms with E-state index in [1.54, 1.807) is 11.1 Å². The molecule has 0 bridgehead atoms. The molecule has 11 rings (SSSR count). The summed E-state index contributed by atoms with van der Waals surface area (Å²) in [7, 11) is 0. The first kappa shape index (κ1) is 158. The fourth-order valence-electron chi connectivity index (χ4n) is 10.2. The average Bonchev–Trinajstić information content (AvgIpc) is 1.14. The van der Waals surface area contributed by atoms with Crippen LogP contribution in [0.4, 0.5) is 0 Å². The van der Waals surface area contributed by atoms with Gasteiger partial charge in [-0.3, -0.25) is 0 Å². The van der Waals surface area contributed by atoms with Crippen molar-refractivity contribution in [3.8, 4) is 0 Å². The minimum absolute atomic E-state index is 0.223. The first-order valence-electron chi connectivity index (χ1n) is 51.5. The predicted molar refractivity (Wildman–Crippen MR) is 606 cm³/mol. The fourth-order valence-corrected chi connectivity index (χ4v) is 10.2. The third-order valence-electron chi connectivity index (χ3n) is 15.6. The quantitative estimate of drug-likeness (QED) is 0.142. The van der Waals surface area contributed by atoms with Crippen molar-refractivity contribution in [1.29, 1.82) is 0 Å². The van der Waals surface area contributed by atoms with E-state index in [0.29, 0.717) is 21.7 Å². The Morgan fingerprint density at radius 2 is 0.605 bits per heavy atom. The van der Waals surface area contributed by atoms with Gasteiger partial charge in [-0.25, -0.2) is 0 Å². The van der Waals surface area contributed by atoms with Crippen LogP contribution in [0.5, 0.6) is 0 Å². The Bertz CT molecular complexity index is 3330. The van der Waals surface area contributed by atoms with Crippen LogP contribution >= 0.6 is 0 Å². The van der Waals surface area contributed by atoms with Gasteiger partial charge in [0.1, 0.15) is 0 Å². The van der Waals surface area contributed by atoms with Gasteiger partial charge >= 0.3 is 0 Å². The van der Waals surface area contributed by atoms with Crippen LogP contribution in [0.1, 0.15) is 488 Å². The fraction of sp³-hybridized carbons (Fsp3) is 0.597. The second kappa shape index (κ2) is 109. The summed E-state index contributed by atoms with van der Waals surface area (Å²) in [4.78, 5) is 0. The molecule has 0 fully saturated rings. The lowest BCUT2D eigenvalue weighted by molar-refractivity contribution is 0.496. The van der Waals surface area contributed by atoms with Crippen molar-refractivity contribution < 1.29 is 0 Å². The van der Waals surface area contributed by atoms with Crippen molar-refractivity contribution in [2.45, 2.75) is 478 Å². The Balaban J connectivity index is -0.0000000671. The van der Waals surface area contributed by atoms with Gasteiger partial charge in [-0.05, 0) is 135 Å². The maximum atomic E-state index is 2.37. The highest BCUT2D eigenvalue weighted by Gasteiger charge is 2.25. The molecule has 0 unspecified atom stereocenters. The molecule has 0 aliphatic heterocycles. The molecule has 0 spiro atoms. The van der Waals surface area contributed by atoms with E-state index in [0.717, 1.165) is 25.7 Å². The normalized spacial score (nSPS) is 10.5. The second-order valence-electron chi connectivity index (χ2n) is 29.9. The molecule has 0 aromatic heterocycles. The zero-order valence-electron chi connectivity index (χ0n) is 97.0. The van der Waals surface area contributed by atoms with E-state index in [1.165, 1.54) is 71.6 Å². The molecule has 0 atom stereocenters. The highest BCUT2D eigenvalue weighted by molar-refractivity contribution is 5.86. The van der Waals surface area contributed by atoms with Crippen LogP contribution in [0, 0.1) is 21.7 Å². The lowest BCUT2D eigenvalue weighted by atomic mass is 9.83. The van der Waals surface area contributed by atoms with Gasteiger partial charge in [0.25, 0.3) is 0 Å². The molecule has 0 saturated carbocycles. The summed E-state index contributed by atoms with van der Waals surface area (Å²) in [5.41, 5.74) is 18.2. The molecule has 4 aliphatic carbocycles. The Hall–Kier alpha value is -6.50. The van der Waals surface area contributed by atoms with Crippen LogP contribution in [-0.2, 0) is 29.1 Å². The zero-order chi connectivity index (χ0) is 103. The van der Waals surface area contributed by atoms with E-state index in [1.807, 2.05) is 291 Å². The number of benzene rings is 7. The predicted octanol–water partition coefficient (Wildman–Crippen LogP) is 46.0. The Morgan fingerprint density at radius 3 is 0.935 bits per heavy atom. The van der Waals surface area contributed by atoms with Crippen LogP contribution in [0.15, 0.2) is 223 Å². The molecular formula is C124H232. The van der Waals surface area contributed by atoms with Crippen LogP contribution in [0.2, 0.25) is 0 Å². The summed E-state index contributed by atoms with van der Waals surface area (Å²) >= 11 is 0. The second-order valence-corrected chi connectivity index (χ2v) is 29.9. The number of rotatable bonds is 0. The number of hydrogen-bond acceptors (Lipinski definition) is 0. The topological polar surface area (TPSA) is 0 Å². The van der Waals surface area contributed by atoms with Crippen LogP contribution in [-0.4, -0.2) is 0 Å². The molecule has 0 heterocycles. The first-order chi connectivity index (χ1) is 59.1. The number of hydrogen-bond donors (Lipinski definition) is 0. The minimum Gasteiger partial charge on any atom is -0.0804 e. The zero-order valence-corrected chi connectivity index (χ0v) is 97.0. The molecule has 7 aromatic carbocycles. The molecule has 728 valence electrons. The maximum Gasteiger partial charge on any atom is -0.00526 e. The smallest absolute Gasteiger partial charge is 0.00526 e. The third-order valence-corrected chi connectivity index (χ3v) is 15.6. The highest BCUT2D eigenvalue weighted by Crippen LogP contribution is 2.40. The standard InChI is InChI=1S/2C14H16.2C13H16.C10H14.2C9H14.21C2H6/c1-14(2,3)13-10-6-8-11-7-4-5-9-12(11)13;1-14(2,3)13-9-8-11-6-4-5-7-12(11)10-13;1-13(2,3)12-8-10-6-4-5-7-11(10)9-12;1-13(2,3)12-9-8-10-6-4-5-7-11(10)12;1-10(2,3)9-7-5-4-6-8-9;2*1-9(2,3)8-6-4-5-7-8;21*1-2/h2*4-10H,1-3H3;4-8H,9H2,1-3H3;4-7,9H,8H2,1-3H3;4-8H,1-3H3;4,6-7H,5H2,1-3H3;4-6H,7H2,1-3H3;21*1-2H3. The van der Waals surface area contributed by atoms with Crippen LogP contribution < -0.4 is 0 Å². The largest absolute Gasteiger partial charge is 0.0804 e. The monoisotopic (exact) mass is 1720 g/mol.